The van der Waals surface area contributed by atoms with E-state index in [0.717, 1.165) is 17.5 Å². The maximum absolute atomic E-state index is 14.5. The van der Waals surface area contributed by atoms with Crippen LogP contribution < -0.4 is 0 Å². The van der Waals surface area contributed by atoms with Crippen molar-refractivity contribution in [3.63, 3.8) is 0 Å². The third-order valence-corrected chi connectivity index (χ3v) is 3.90. The van der Waals surface area contributed by atoms with Gasteiger partial charge in [-0.1, -0.05) is 68.8 Å². The van der Waals surface area contributed by atoms with Gasteiger partial charge in [0.15, 0.2) is 0 Å². The number of hydrogen-bond donors (Lipinski definition) is 0. The molecule has 0 radical (unpaired) electrons. The number of benzene rings is 2. The number of aryl methyl sites for hydroxylation is 1. The van der Waals surface area contributed by atoms with Crippen molar-refractivity contribution in [2.24, 2.45) is 0 Å². The summed E-state index contributed by atoms with van der Waals surface area (Å²) >= 11 is 0. The lowest BCUT2D eigenvalue weighted by Crippen LogP contribution is -2.04. The molecule has 0 heterocycles. The molecule has 0 saturated heterocycles. The van der Waals surface area contributed by atoms with Gasteiger partial charge in [0.25, 0.3) is 0 Å². The zero-order valence-electron chi connectivity index (χ0n) is 12.8. The minimum Gasteiger partial charge on any atom is -0.206 e. The van der Waals surface area contributed by atoms with Crippen LogP contribution in [0.3, 0.4) is 0 Å². The summed E-state index contributed by atoms with van der Waals surface area (Å²) in [6, 6.07) is 14.3. The van der Waals surface area contributed by atoms with Crippen molar-refractivity contribution in [2.45, 2.75) is 46.0 Å². The first-order chi connectivity index (χ1) is 9.49. The number of hydrogen-bond acceptors (Lipinski definition) is 0. The molecule has 0 saturated carbocycles. The van der Waals surface area contributed by atoms with Crippen LogP contribution in [0.15, 0.2) is 42.5 Å². The third kappa shape index (κ3) is 3.27. The fourth-order valence-corrected chi connectivity index (χ4v) is 2.55. The Morgan fingerprint density at radius 1 is 0.950 bits per heavy atom. The van der Waals surface area contributed by atoms with Gasteiger partial charge in [-0.3, -0.25) is 0 Å². The molecule has 106 valence electrons. The van der Waals surface area contributed by atoms with Gasteiger partial charge in [0.2, 0.25) is 0 Å². The van der Waals surface area contributed by atoms with Crippen molar-refractivity contribution in [3.8, 4) is 0 Å². The van der Waals surface area contributed by atoms with Gasteiger partial charge in [0.05, 0.1) is 0 Å². The van der Waals surface area contributed by atoms with Gasteiger partial charge in [-0.15, -0.1) is 0 Å². The second-order valence-corrected chi connectivity index (χ2v) is 5.99. The van der Waals surface area contributed by atoms with Crippen LogP contribution in [0.25, 0.3) is 0 Å². The molecule has 1 heteroatoms. The molecule has 1 unspecified atom stereocenters. The molecule has 0 bridgehead atoms. The van der Waals surface area contributed by atoms with Crippen LogP contribution in [0.2, 0.25) is 0 Å². The van der Waals surface area contributed by atoms with Gasteiger partial charge in [-0.2, -0.15) is 0 Å². The Morgan fingerprint density at radius 2 is 1.60 bits per heavy atom. The van der Waals surface area contributed by atoms with E-state index in [-0.39, 0.29) is 11.7 Å². The fourth-order valence-electron chi connectivity index (χ4n) is 2.55. The second-order valence-electron chi connectivity index (χ2n) is 5.99. The van der Waals surface area contributed by atoms with Crippen LogP contribution in [-0.4, -0.2) is 0 Å². The summed E-state index contributed by atoms with van der Waals surface area (Å²) in [6.45, 7) is 8.31. The summed E-state index contributed by atoms with van der Waals surface area (Å²) in [5.74, 6) is 0.526. The summed E-state index contributed by atoms with van der Waals surface area (Å²) in [5, 5.41) is 0. The summed E-state index contributed by atoms with van der Waals surface area (Å²) in [4.78, 5) is 0. The normalized spacial score (nSPS) is 12.7. The van der Waals surface area contributed by atoms with E-state index < -0.39 is 0 Å². The van der Waals surface area contributed by atoms with Crippen LogP contribution in [0.4, 0.5) is 4.39 Å². The van der Waals surface area contributed by atoms with Crippen LogP contribution in [0.5, 0.6) is 0 Å². The van der Waals surface area contributed by atoms with Gasteiger partial charge in [-0.25, -0.2) is 4.39 Å². The molecule has 2 aromatic rings. The highest BCUT2D eigenvalue weighted by atomic mass is 19.1. The summed E-state index contributed by atoms with van der Waals surface area (Å²) < 4.78 is 14.5. The second kappa shape index (κ2) is 6.21. The van der Waals surface area contributed by atoms with Crippen molar-refractivity contribution >= 4 is 0 Å². The molecule has 0 aromatic heterocycles. The molecule has 0 aliphatic rings. The van der Waals surface area contributed by atoms with Crippen LogP contribution in [-0.2, 0) is 6.42 Å². The Labute approximate surface area is 121 Å². The molecule has 0 aliphatic carbocycles. The third-order valence-electron chi connectivity index (χ3n) is 3.90. The van der Waals surface area contributed by atoms with Gasteiger partial charge in [0, 0.05) is 0 Å². The highest BCUT2D eigenvalue weighted by Crippen LogP contribution is 2.26. The predicted octanol–water partition coefficient (Wildman–Crippen LogP) is 5.60. The zero-order valence-corrected chi connectivity index (χ0v) is 12.8. The zero-order chi connectivity index (χ0) is 14.7. The van der Waals surface area contributed by atoms with E-state index in [1.165, 1.54) is 11.1 Å². The Balaban J connectivity index is 2.21. The van der Waals surface area contributed by atoms with E-state index in [0.29, 0.717) is 5.92 Å². The molecule has 20 heavy (non-hydrogen) atoms. The molecule has 0 fully saturated rings. The largest absolute Gasteiger partial charge is 0.206 e. The van der Waals surface area contributed by atoms with Crippen molar-refractivity contribution in [2.75, 3.05) is 0 Å². The topological polar surface area (TPSA) is 0 Å². The molecular formula is C19H23F. The molecule has 0 spiro atoms. The highest BCUT2D eigenvalue weighted by molar-refractivity contribution is 5.31. The van der Waals surface area contributed by atoms with Gasteiger partial charge >= 0.3 is 0 Å². The van der Waals surface area contributed by atoms with E-state index in [9.17, 15) is 4.39 Å². The minimum absolute atomic E-state index is 0.0264. The molecule has 2 rings (SSSR count). The van der Waals surface area contributed by atoms with Crippen molar-refractivity contribution in [1.82, 2.24) is 0 Å². The van der Waals surface area contributed by atoms with E-state index >= 15 is 0 Å². The van der Waals surface area contributed by atoms with Gasteiger partial charge < -0.3 is 0 Å². The summed E-state index contributed by atoms with van der Waals surface area (Å²) in [7, 11) is 0. The predicted molar refractivity (Wildman–Crippen MR) is 83.8 cm³/mol. The average molecular weight is 270 g/mol. The number of halogens is 1. The smallest absolute Gasteiger partial charge is 0.129 e. The highest BCUT2D eigenvalue weighted by Gasteiger charge is 2.14. The van der Waals surface area contributed by atoms with Crippen LogP contribution >= 0.6 is 0 Å². The first-order valence-electron chi connectivity index (χ1n) is 7.33. The van der Waals surface area contributed by atoms with Gasteiger partial charge in [-0.05, 0) is 41.9 Å². The van der Waals surface area contributed by atoms with Crippen LogP contribution in [0, 0.1) is 12.7 Å². The Morgan fingerprint density at radius 3 is 2.20 bits per heavy atom. The lowest BCUT2D eigenvalue weighted by atomic mass is 9.90. The standard InChI is InChI=1S/C19H23F/c1-13(2)18-7-5-6-17(19(18)20)12-15(4)16-10-8-14(3)9-11-16/h5-11,13,15H,12H2,1-4H3. The molecule has 2 aromatic carbocycles. The Bertz CT molecular complexity index is 567. The van der Waals surface area contributed by atoms with Crippen LogP contribution in [0.1, 0.15) is 54.9 Å². The first-order valence-corrected chi connectivity index (χ1v) is 7.33. The summed E-state index contributed by atoms with van der Waals surface area (Å²) in [5.41, 5.74) is 4.17. The van der Waals surface area contributed by atoms with E-state index in [4.69, 9.17) is 0 Å². The lowest BCUT2D eigenvalue weighted by molar-refractivity contribution is 0.573. The fraction of sp³-hybridized carbons (Fsp3) is 0.368. The van der Waals surface area contributed by atoms with Crippen molar-refractivity contribution in [1.29, 1.82) is 0 Å². The van der Waals surface area contributed by atoms with Gasteiger partial charge in [0.1, 0.15) is 5.82 Å². The lowest BCUT2D eigenvalue weighted by Gasteiger charge is -2.15. The quantitative estimate of drug-likeness (QED) is 0.678. The monoisotopic (exact) mass is 270 g/mol. The molecule has 1 atom stereocenters. The Kier molecular flexibility index (Phi) is 4.59. The van der Waals surface area contributed by atoms with Crippen molar-refractivity contribution in [3.05, 3.63) is 70.5 Å². The summed E-state index contributed by atoms with van der Waals surface area (Å²) in [6.07, 6.45) is 0.745. The van der Waals surface area contributed by atoms with E-state index in [1.54, 1.807) is 0 Å². The van der Waals surface area contributed by atoms with E-state index in [1.807, 2.05) is 32.0 Å². The molecular weight excluding hydrogens is 247 g/mol. The molecule has 0 N–H and O–H groups in total. The molecule has 0 amide bonds. The molecule has 0 aliphatic heterocycles. The van der Waals surface area contributed by atoms with E-state index in [2.05, 4.69) is 38.1 Å². The molecule has 0 nitrogen and oxygen atoms in total. The van der Waals surface area contributed by atoms with Crippen molar-refractivity contribution < 1.29 is 4.39 Å². The number of rotatable bonds is 4. The Hall–Kier alpha value is -1.63. The minimum atomic E-state index is -0.0264. The maximum atomic E-state index is 14.5. The maximum Gasteiger partial charge on any atom is 0.129 e. The SMILES string of the molecule is Cc1ccc(C(C)Cc2cccc(C(C)C)c2F)cc1. The first kappa shape index (κ1) is 14.8. The average Bonchev–Trinajstić information content (AvgIpc) is 2.41.